The summed E-state index contributed by atoms with van der Waals surface area (Å²) in [7, 11) is 0. The van der Waals surface area contributed by atoms with E-state index in [0.717, 1.165) is 18.9 Å². The number of benzene rings is 1. The van der Waals surface area contributed by atoms with Crippen molar-refractivity contribution in [1.82, 2.24) is 0 Å². The van der Waals surface area contributed by atoms with Crippen molar-refractivity contribution in [1.29, 1.82) is 5.41 Å². The highest BCUT2D eigenvalue weighted by Crippen LogP contribution is 2.35. The molecule has 4 nitrogen and oxygen atoms in total. The van der Waals surface area contributed by atoms with Gasteiger partial charge in [0, 0.05) is 30.9 Å². The fourth-order valence-electron chi connectivity index (χ4n) is 2.65. The number of hydrogen-bond acceptors (Lipinski definition) is 3. The Morgan fingerprint density at radius 3 is 2.71 bits per heavy atom. The fourth-order valence-corrected chi connectivity index (χ4v) is 2.65. The van der Waals surface area contributed by atoms with Gasteiger partial charge in [-0.1, -0.05) is 0 Å². The van der Waals surface area contributed by atoms with Crippen molar-refractivity contribution in [2.45, 2.75) is 19.0 Å². The number of amidine groups is 1. The molecule has 1 heterocycles. The lowest BCUT2D eigenvalue weighted by Gasteiger charge is -2.34. The SMILES string of the molecule is N=C(N)c1ccc(N2CCCC(CO)C2)cc1C(F)(F)F. The first-order valence-corrected chi connectivity index (χ1v) is 6.74. The molecule has 1 aromatic carbocycles. The van der Waals surface area contributed by atoms with E-state index in [-0.39, 0.29) is 18.1 Å². The second-order valence-corrected chi connectivity index (χ2v) is 5.28. The van der Waals surface area contributed by atoms with Crippen LogP contribution in [0.5, 0.6) is 0 Å². The Hall–Kier alpha value is -1.76. The first-order valence-electron chi connectivity index (χ1n) is 6.74. The minimum atomic E-state index is -4.55. The minimum Gasteiger partial charge on any atom is -0.396 e. The van der Waals surface area contributed by atoms with Gasteiger partial charge in [-0.15, -0.1) is 0 Å². The van der Waals surface area contributed by atoms with E-state index in [1.807, 2.05) is 4.90 Å². The molecule has 0 spiro atoms. The summed E-state index contributed by atoms with van der Waals surface area (Å²) in [5.41, 5.74) is 4.48. The Bertz CT molecular complexity index is 531. The van der Waals surface area contributed by atoms with Crippen LogP contribution in [0.15, 0.2) is 18.2 Å². The van der Waals surface area contributed by atoms with Gasteiger partial charge in [0.05, 0.1) is 5.56 Å². The number of piperidine rings is 1. The van der Waals surface area contributed by atoms with Crippen molar-refractivity contribution in [2.75, 3.05) is 24.6 Å². The van der Waals surface area contributed by atoms with E-state index in [9.17, 15) is 18.3 Å². The van der Waals surface area contributed by atoms with Gasteiger partial charge in [-0.05, 0) is 37.0 Å². The van der Waals surface area contributed by atoms with Crippen molar-refractivity contribution < 1.29 is 18.3 Å². The molecule has 7 heteroatoms. The maximum absolute atomic E-state index is 13.1. The molecular weight excluding hydrogens is 283 g/mol. The molecule has 1 fully saturated rings. The van der Waals surface area contributed by atoms with Gasteiger partial charge in [0.15, 0.2) is 0 Å². The van der Waals surface area contributed by atoms with Crippen LogP contribution in [0.25, 0.3) is 0 Å². The molecular formula is C14H18F3N3O. The van der Waals surface area contributed by atoms with E-state index >= 15 is 0 Å². The third kappa shape index (κ3) is 3.47. The van der Waals surface area contributed by atoms with E-state index in [2.05, 4.69) is 0 Å². The number of alkyl halides is 3. The summed E-state index contributed by atoms with van der Waals surface area (Å²) in [6, 6.07) is 3.82. The number of anilines is 1. The van der Waals surface area contributed by atoms with E-state index in [0.29, 0.717) is 18.8 Å². The highest BCUT2D eigenvalue weighted by Gasteiger charge is 2.35. The lowest BCUT2D eigenvalue weighted by atomic mass is 9.97. The Morgan fingerprint density at radius 2 is 2.14 bits per heavy atom. The van der Waals surface area contributed by atoms with Crippen LogP contribution in [0, 0.1) is 11.3 Å². The third-order valence-corrected chi connectivity index (χ3v) is 3.74. The Morgan fingerprint density at radius 1 is 1.43 bits per heavy atom. The van der Waals surface area contributed by atoms with E-state index in [1.165, 1.54) is 6.07 Å². The van der Waals surface area contributed by atoms with Gasteiger partial charge >= 0.3 is 6.18 Å². The molecule has 0 bridgehead atoms. The Balaban J connectivity index is 2.35. The second kappa shape index (κ2) is 5.93. The summed E-state index contributed by atoms with van der Waals surface area (Å²) < 4.78 is 39.3. The molecule has 1 aliphatic heterocycles. The number of nitrogen functional groups attached to an aromatic ring is 1. The van der Waals surface area contributed by atoms with Crippen molar-refractivity contribution in [2.24, 2.45) is 11.7 Å². The molecule has 0 saturated carbocycles. The molecule has 4 N–H and O–H groups in total. The predicted molar refractivity (Wildman–Crippen MR) is 74.5 cm³/mol. The number of halogens is 3. The average Bonchev–Trinajstić information content (AvgIpc) is 2.45. The van der Waals surface area contributed by atoms with Gasteiger partial charge in [0.2, 0.25) is 0 Å². The number of hydrogen-bond donors (Lipinski definition) is 3. The maximum atomic E-state index is 13.1. The molecule has 1 aromatic rings. The average molecular weight is 301 g/mol. The summed E-state index contributed by atoms with van der Waals surface area (Å²) in [5.74, 6) is -0.513. The van der Waals surface area contributed by atoms with Crippen molar-refractivity contribution >= 4 is 11.5 Å². The van der Waals surface area contributed by atoms with Crippen LogP contribution in [0.2, 0.25) is 0 Å². The molecule has 1 unspecified atom stereocenters. The molecule has 0 amide bonds. The van der Waals surface area contributed by atoms with Gasteiger partial charge in [-0.2, -0.15) is 13.2 Å². The second-order valence-electron chi connectivity index (χ2n) is 5.28. The molecule has 0 aliphatic carbocycles. The first-order chi connectivity index (χ1) is 9.82. The summed E-state index contributed by atoms with van der Waals surface area (Å²) in [5, 5.41) is 16.5. The number of aliphatic hydroxyl groups is 1. The first kappa shape index (κ1) is 15.6. The van der Waals surface area contributed by atoms with Crippen LogP contribution in [0.3, 0.4) is 0 Å². The number of nitrogens with zero attached hydrogens (tertiary/aromatic N) is 1. The highest BCUT2D eigenvalue weighted by molar-refractivity contribution is 5.97. The molecule has 0 aromatic heterocycles. The van der Waals surface area contributed by atoms with Crippen LogP contribution >= 0.6 is 0 Å². The normalized spacial score (nSPS) is 19.6. The zero-order valence-electron chi connectivity index (χ0n) is 11.5. The molecule has 21 heavy (non-hydrogen) atoms. The van der Waals surface area contributed by atoms with Crippen LogP contribution in [0.4, 0.5) is 18.9 Å². The van der Waals surface area contributed by atoms with Gasteiger partial charge < -0.3 is 15.7 Å². The quantitative estimate of drug-likeness (QED) is 0.592. The van der Waals surface area contributed by atoms with E-state index in [1.54, 1.807) is 6.07 Å². The lowest BCUT2D eigenvalue weighted by molar-refractivity contribution is -0.137. The molecule has 1 saturated heterocycles. The predicted octanol–water partition coefficient (Wildman–Crippen LogP) is 2.20. The monoisotopic (exact) mass is 301 g/mol. The van der Waals surface area contributed by atoms with Crippen molar-refractivity contribution in [3.05, 3.63) is 29.3 Å². The van der Waals surface area contributed by atoms with Crippen LogP contribution in [-0.2, 0) is 6.18 Å². The maximum Gasteiger partial charge on any atom is 0.417 e. The fraction of sp³-hybridized carbons (Fsp3) is 0.500. The largest absolute Gasteiger partial charge is 0.417 e. The van der Waals surface area contributed by atoms with Crippen molar-refractivity contribution in [3.8, 4) is 0 Å². The smallest absolute Gasteiger partial charge is 0.396 e. The number of aliphatic hydroxyl groups excluding tert-OH is 1. The Kier molecular flexibility index (Phi) is 4.41. The standard InChI is InChI=1S/C14H18F3N3O/c15-14(16,17)12-6-10(3-4-11(12)13(18)19)20-5-1-2-9(7-20)8-21/h3-4,6,9,21H,1-2,5,7-8H2,(H3,18,19). The van der Waals surface area contributed by atoms with E-state index in [4.69, 9.17) is 11.1 Å². The number of rotatable bonds is 3. The number of nitrogens with two attached hydrogens (primary N) is 1. The zero-order chi connectivity index (χ0) is 15.6. The molecule has 1 aliphatic rings. The third-order valence-electron chi connectivity index (χ3n) is 3.74. The molecule has 2 rings (SSSR count). The van der Waals surface area contributed by atoms with E-state index < -0.39 is 17.6 Å². The van der Waals surface area contributed by atoms with Gasteiger partial charge in [-0.25, -0.2) is 0 Å². The number of nitrogens with one attached hydrogen (secondary N) is 1. The van der Waals surface area contributed by atoms with Crippen molar-refractivity contribution in [3.63, 3.8) is 0 Å². The molecule has 0 radical (unpaired) electrons. The molecule has 116 valence electrons. The van der Waals surface area contributed by atoms with Gasteiger partial charge in [-0.3, -0.25) is 5.41 Å². The van der Waals surface area contributed by atoms with Gasteiger partial charge in [0.1, 0.15) is 5.84 Å². The summed E-state index contributed by atoms with van der Waals surface area (Å²) in [6.45, 7) is 1.23. The minimum absolute atomic E-state index is 0.0359. The zero-order valence-corrected chi connectivity index (χ0v) is 11.5. The topological polar surface area (TPSA) is 73.3 Å². The van der Waals surface area contributed by atoms with Crippen LogP contribution in [-0.4, -0.2) is 30.6 Å². The summed E-state index contributed by atoms with van der Waals surface area (Å²) in [4.78, 5) is 1.84. The van der Waals surface area contributed by atoms with Crippen LogP contribution < -0.4 is 10.6 Å². The molecule has 1 atom stereocenters. The van der Waals surface area contributed by atoms with Crippen LogP contribution in [0.1, 0.15) is 24.0 Å². The Labute approximate surface area is 120 Å². The highest BCUT2D eigenvalue weighted by atomic mass is 19.4. The summed E-state index contributed by atoms with van der Waals surface area (Å²) in [6.07, 6.45) is -2.84. The lowest BCUT2D eigenvalue weighted by Crippen LogP contribution is -2.37. The van der Waals surface area contributed by atoms with Gasteiger partial charge in [0.25, 0.3) is 0 Å². The summed E-state index contributed by atoms with van der Waals surface area (Å²) >= 11 is 0.